The van der Waals surface area contributed by atoms with E-state index in [0.29, 0.717) is 0 Å². The Morgan fingerprint density at radius 2 is 1.86 bits per heavy atom. The summed E-state index contributed by atoms with van der Waals surface area (Å²) < 4.78 is 8.88. The van der Waals surface area contributed by atoms with E-state index in [2.05, 4.69) is 9.47 Å². The normalized spacial score (nSPS) is 7.14. The summed E-state index contributed by atoms with van der Waals surface area (Å²) in [5.74, 6) is 0.111. The SMILES string of the molecule is COC(=CO)OC. The van der Waals surface area contributed by atoms with Gasteiger partial charge in [0.05, 0.1) is 14.2 Å². The molecule has 0 fully saturated rings. The van der Waals surface area contributed by atoms with Crippen LogP contribution in [-0.2, 0) is 9.47 Å². The highest BCUT2D eigenvalue weighted by atomic mass is 16.7. The Bertz CT molecular complexity index is 61.3. The number of hydrogen-bond donors (Lipinski definition) is 1. The fourth-order valence-electron chi connectivity index (χ4n) is 0.189. The van der Waals surface area contributed by atoms with Gasteiger partial charge in [-0.3, -0.25) is 0 Å². The second kappa shape index (κ2) is 3.33. The van der Waals surface area contributed by atoms with E-state index in [0.717, 1.165) is 6.26 Å². The first-order chi connectivity index (χ1) is 3.35. The molecule has 0 amide bonds. The van der Waals surface area contributed by atoms with E-state index in [1.165, 1.54) is 14.2 Å². The van der Waals surface area contributed by atoms with E-state index in [1.807, 2.05) is 0 Å². The van der Waals surface area contributed by atoms with E-state index >= 15 is 0 Å². The smallest absolute Gasteiger partial charge is 0.314 e. The van der Waals surface area contributed by atoms with Crippen molar-refractivity contribution in [3.8, 4) is 0 Å². The number of aliphatic hydroxyl groups excluding tert-OH is 1. The van der Waals surface area contributed by atoms with Crippen molar-refractivity contribution in [3.05, 3.63) is 12.2 Å². The molecule has 0 heterocycles. The van der Waals surface area contributed by atoms with Crippen LogP contribution in [0.1, 0.15) is 0 Å². The highest BCUT2D eigenvalue weighted by Gasteiger charge is 1.85. The lowest BCUT2D eigenvalue weighted by Gasteiger charge is -1.98. The third-order valence-corrected chi connectivity index (χ3v) is 0.508. The fraction of sp³-hybridized carbons (Fsp3) is 0.500. The van der Waals surface area contributed by atoms with Crippen LogP contribution in [0.2, 0.25) is 0 Å². The van der Waals surface area contributed by atoms with E-state index in [4.69, 9.17) is 5.11 Å². The van der Waals surface area contributed by atoms with Crippen LogP contribution in [0.4, 0.5) is 0 Å². The second-order valence-electron chi connectivity index (χ2n) is 0.856. The number of ether oxygens (including phenoxy) is 2. The summed E-state index contributed by atoms with van der Waals surface area (Å²) in [7, 11) is 2.82. The zero-order chi connectivity index (χ0) is 5.70. The van der Waals surface area contributed by atoms with Crippen molar-refractivity contribution < 1.29 is 14.6 Å². The van der Waals surface area contributed by atoms with Crippen molar-refractivity contribution in [1.29, 1.82) is 0 Å². The highest BCUT2D eigenvalue weighted by molar-refractivity contribution is 4.70. The minimum absolute atomic E-state index is 0.111. The number of methoxy groups -OCH3 is 2. The van der Waals surface area contributed by atoms with Crippen LogP contribution in [0, 0.1) is 0 Å². The van der Waals surface area contributed by atoms with Gasteiger partial charge in [0.25, 0.3) is 0 Å². The molecule has 7 heavy (non-hydrogen) atoms. The van der Waals surface area contributed by atoms with Gasteiger partial charge in [0.1, 0.15) is 0 Å². The summed E-state index contributed by atoms with van der Waals surface area (Å²) in [5, 5.41) is 8.11. The molecular formula is C4H8O3. The van der Waals surface area contributed by atoms with E-state index < -0.39 is 0 Å². The second-order valence-corrected chi connectivity index (χ2v) is 0.856. The van der Waals surface area contributed by atoms with E-state index in [1.54, 1.807) is 0 Å². The van der Waals surface area contributed by atoms with Gasteiger partial charge in [-0.2, -0.15) is 0 Å². The monoisotopic (exact) mass is 104 g/mol. The maximum Gasteiger partial charge on any atom is 0.314 e. The molecule has 0 aromatic heterocycles. The summed E-state index contributed by atoms with van der Waals surface area (Å²) in [6.45, 7) is 0. The maximum atomic E-state index is 8.11. The maximum absolute atomic E-state index is 8.11. The first-order valence-electron chi connectivity index (χ1n) is 1.77. The summed E-state index contributed by atoms with van der Waals surface area (Å²) in [6.07, 6.45) is 0.750. The fourth-order valence-corrected chi connectivity index (χ4v) is 0.189. The van der Waals surface area contributed by atoms with Crippen molar-refractivity contribution in [2.24, 2.45) is 0 Å². The molecule has 0 rings (SSSR count). The Labute approximate surface area is 42.2 Å². The largest absolute Gasteiger partial charge is 0.508 e. The summed E-state index contributed by atoms with van der Waals surface area (Å²) in [5.41, 5.74) is 0. The van der Waals surface area contributed by atoms with Gasteiger partial charge >= 0.3 is 5.95 Å². The topological polar surface area (TPSA) is 38.7 Å². The summed E-state index contributed by atoms with van der Waals surface area (Å²) >= 11 is 0. The van der Waals surface area contributed by atoms with Crippen LogP contribution < -0.4 is 0 Å². The molecule has 42 valence electrons. The van der Waals surface area contributed by atoms with Crippen LogP contribution in [0.15, 0.2) is 12.2 Å². The summed E-state index contributed by atoms with van der Waals surface area (Å²) in [4.78, 5) is 0. The molecule has 0 bridgehead atoms. The molecule has 3 heteroatoms. The lowest BCUT2D eigenvalue weighted by atomic mass is 10.9. The zero-order valence-electron chi connectivity index (χ0n) is 4.34. The van der Waals surface area contributed by atoms with Crippen LogP contribution in [0.5, 0.6) is 0 Å². The van der Waals surface area contributed by atoms with Crippen molar-refractivity contribution in [1.82, 2.24) is 0 Å². The number of rotatable bonds is 2. The third kappa shape index (κ3) is 1.92. The third-order valence-electron chi connectivity index (χ3n) is 0.508. The molecule has 0 aromatic rings. The Morgan fingerprint density at radius 1 is 1.43 bits per heavy atom. The number of hydrogen-bond acceptors (Lipinski definition) is 3. The molecular weight excluding hydrogens is 96.0 g/mol. The van der Waals surface area contributed by atoms with Crippen molar-refractivity contribution in [2.75, 3.05) is 14.2 Å². The lowest BCUT2D eigenvalue weighted by molar-refractivity contribution is 0.0840. The minimum Gasteiger partial charge on any atom is -0.508 e. The van der Waals surface area contributed by atoms with E-state index in [9.17, 15) is 0 Å². The molecule has 0 saturated carbocycles. The van der Waals surface area contributed by atoms with Crippen LogP contribution >= 0.6 is 0 Å². The molecule has 1 N–H and O–H groups in total. The molecule has 0 unspecified atom stereocenters. The van der Waals surface area contributed by atoms with Gasteiger partial charge in [-0.25, -0.2) is 0 Å². The van der Waals surface area contributed by atoms with Gasteiger partial charge in [0.2, 0.25) is 0 Å². The molecule has 0 aromatic carbocycles. The molecule has 3 nitrogen and oxygen atoms in total. The Morgan fingerprint density at radius 3 is 1.86 bits per heavy atom. The van der Waals surface area contributed by atoms with Gasteiger partial charge in [0.15, 0.2) is 6.26 Å². The number of aliphatic hydroxyl groups is 1. The minimum atomic E-state index is 0.111. The van der Waals surface area contributed by atoms with Gasteiger partial charge < -0.3 is 14.6 Å². The Balaban J connectivity index is 3.38. The zero-order valence-corrected chi connectivity index (χ0v) is 4.34. The van der Waals surface area contributed by atoms with Gasteiger partial charge in [-0.05, 0) is 0 Å². The first kappa shape index (κ1) is 6.14. The molecule has 0 atom stereocenters. The molecule has 0 aliphatic rings. The predicted molar refractivity (Wildman–Crippen MR) is 24.7 cm³/mol. The Kier molecular flexibility index (Phi) is 2.92. The lowest BCUT2D eigenvalue weighted by Crippen LogP contribution is -1.87. The molecule has 0 spiro atoms. The molecule has 0 saturated heterocycles. The van der Waals surface area contributed by atoms with Crippen molar-refractivity contribution >= 4 is 0 Å². The van der Waals surface area contributed by atoms with Crippen LogP contribution in [0.25, 0.3) is 0 Å². The van der Waals surface area contributed by atoms with Gasteiger partial charge in [0, 0.05) is 0 Å². The quantitative estimate of drug-likeness (QED) is 0.522. The van der Waals surface area contributed by atoms with Crippen molar-refractivity contribution in [2.45, 2.75) is 0 Å². The van der Waals surface area contributed by atoms with Crippen LogP contribution in [-0.4, -0.2) is 19.3 Å². The standard InChI is InChI=1S/C4H8O3/c1-6-4(3-5)7-2/h3,5H,1-2H3. The highest BCUT2D eigenvalue weighted by Crippen LogP contribution is 1.90. The van der Waals surface area contributed by atoms with E-state index in [-0.39, 0.29) is 5.95 Å². The molecule has 0 aliphatic carbocycles. The average Bonchev–Trinajstić information content (AvgIpc) is 1.72. The van der Waals surface area contributed by atoms with Gasteiger partial charge in [-0.15, -0.1) is 0 Å². The Hall–Kier alpha value is -0.860. The molecule has 0 radical (unpaired) electrons. The first-order valence-corrected chi connectivity index (χ1v) is 1.77. The average molecular weight is 104 g/mol. The van der Waals surface area contributed by atoms with Gasteiger partial charge in [-0.1, -0.05) is 0 Å². The van der Waals surface area contributed by atoms with Crippen LogP contribution in [0.3, 0.4) is 0 Å². The summed E-state index contributed by atoms with van der Waals surface area (Å²) in [6, 6.07) is 0. The predicted octanol–water partition coefficient (Wildman–Crippen LogP) is 0.636. The van der Waals surface area contributed by atoms with Crippen molar-refractivity contribution in [3.63, 3.8) is 0 Å². The molecule has 0 aliphatic heterocycles.